The summed E-state index contributed by atoms with van der Waals surface area (Å²) in [4.78, 5) is 2.58. The lowest BCUT2D eigenvalue weighted by Crippen LogP contribution is -2.40. The Bertz CT molecular complexity index is 466. The molecule has 2 aliphatic heterocycles. The predicted molar refractivity (Wildman–Crippen MR) is 89.7 cm³/mol. The van der Waals surface area contributed by atoms with E-state index >= 15 is 0 Å². The fraction of sp³-hybridized carbons (Fsp3) is 0.647. The predicted octanol–water partition coefficient (Wildman–Crippen LogP) is 3.42. The number of methoxy groups -OCH3 is 1. The Kier molecular flexibility index (Phi) is 5.19. The van der Waals surface area contributed by atoms with E-state index in [0.29, 0.717) is 0 Å². The Hall–Kier alpha value is -0.580. The summed E-state index contributed by atoms with van der Waals surface area (Å²) < 4.78 is 6.34. The van der Waals surface area contributed by atoms with Crippen LogP contribution in [0.2, 0.25) is 0 Å². The molecule has 0 amide bonds. The molecule has 0 spiro atoms. The Labute approximate surface area is 136 Å². The molecular formula is C17H25BrN2O. The van der Waals surface area contributed by atoms with Gasteiger partial charge in [-0.05, 0) is 84.9 Å². The second-order valence-electron chi connectivity index (χ2n) is 6.29. The maximum absolute atomic E-state index is 5.29. The molecule has 1 aromatic carbocycles. The Morgan fingerprint density at radius 1 is 1.29 bits per heavy atom. The normalized spacial score (nSPS) is 24.4. The number of piperidine rings is 1. The zero-order valence-electron chi connectivity index (χ0n) is 12.8. The van der Waals surface area contributed by atoms with Gasteiger partial charge < -0.3 is 10.1 Å². The molecular weight excluding hydrogens is 328 g/mol. The van der Waals surface area contributed by atoms with E-state index in [2.05, 4.69) is 44.3 Å². The van der Waals surface area contributed by atoms with Crippen molar-refractivity contribution in [3.63, 3.8) is 0 Å². The zero-order valence-corrected chi connectivity index (χ0v) is 14.4. The van der Waals surface area contributed by atoms with Crippen LogP contribution in [0, 0.1) is 5.92 Å². The third-order valence-corrected chi connectivity index (χ3v) is 5.54. The van der Waals surface area contributed by atoms with Crippen LogP contribution >= 0.6 is 15.9 Å². The van der Waals surface area contributed by atoms with Crippen LogP contribution in [-0.4, -0.2) is 37.7 Å². The quantitative estimate of drug-likeness (QED) is 0.898. The van der Waals surface area contributed by atoms with E-state index in [1.807, 2.05) is 0 Å². The van der Waals surface area contributed by atoms with Gasteiger partial charge in [-0.25, -0.2) is 0 Å². The van der Waals surface area contributed by atoms with Crippen molar-refractivity contribution in [2.75, 3.05) is 26.7 Å². The largest absolute Gasteiger partial charge is 0.496 e. The van der Waals surface area contributed by atoms with Crippen LogP contribution in [0.4, 0.5) is 0 Å². The van der Waals surface area contributed by atoms with Crippen molar-refractivity contribution in [1.82, 2.24) is 10.2 Å². The fourth-order valence-corrected chi connectivity index (χ4v) is 4.28. The Balaban J connectivity index is 1.51. The molecule has 1 atom stereocenters. The molecule has 4 heteroatoms. The smallest absolute Gasteiger partial charge is 0.133 e. The van der Waals surface area contributed by atoms with E-state index in [4.69, 9.17) is 4.74 Å². The number of nitrogens with one attached hydrogen (secondary N) is 1. The molecule has 2 heterocycles. The van der Waals surface area contributed by atoms with Crippen molar-refractivity contribution >= 4 is 15.9 Å². The summed E-state index contributed by atoms with van der Waals surface area (Å²) in [6.07, 6.45) is 5.44. The summed E-state index contributed by atoms with van der Waals surface area (Å²) in [6.45, 7) is 4.73. The van der Waals surface area contributed by atoms with Gasteiger partial charge in [0.1, 0.15) is 5.75 Å². The molecule has 0 aromatic heterocycles. The third kappa shape index (κ3) is 3.79. The summed E-state index contributed by atoms with van der Waals surface area (Å²) >= 11 is 3.57. The highest BCUT2D eigenvalue weighted by atomic mass is 79.9. The highest BCUT2D eigenvalue weighted by Crippen LogP contribution is 2.28. The van der Waals surface area contributed by atoms with Crippen LogP contribution in [0.15, 0.2) is 22.7 Å². The van der Waals surface area contributed by atoms with Crippen molar-refractivity contribution in [2.45, 2.75) is 38.3 Å². The summed E-state index contributed by atoms with van der Waals surface area (Å²) in [7, 11) is 1.71. The molecule has 2 fully saturated rings. The van der Waals surface area contributed by atoms with Gasteiger partial charge in [-0.2, -0.15) is 0 Å². The topological polar surface area (TPSA) is 24.5 Å². The van der Waals surface area contributed by atoms with Crippen molar-refractivity contribution in [1.29, 1.82) is 0 Å². The molecule has 2 aliphatic rings. The van der Waals surface area contributed by atoms with Gasteiger partial charge in [0.2, 0.25) is 0 Å². The minimum atomic E-state index is 0.794. The van der Waals surface area contributed by atoms with E-state index in [-0.39, 0.29) is 0 Å². The Morgan fingerprint density at radius 3 is 2.71 bits per heavy atom. The van der Waals surface area contributed by atoms with Crippen LogP contribution < -0.4 is 10.1 Å². The van der Waals surface area contributed by atoms with E-state index in [1.54, 1.807) is 7.11 Å². The van der Waals surface area contributed by atoms with Crippen LogP contribution in [0.1, 0.15) is 31.2 Å². The van der Waals surface area contributed by atoms with E-state index in [9.17, 15) is 0 Å². The van der Waals surface area contributed by atoms with Gasteiger partial charge in [-0.15, -0.1) is 0 Å². The first-order valence-corrected chi connectivity index (χ1v) is 8.83. The molecule has 3 rings (SSSR count). The number of benzene rings is 1. The van der Waals surface area contributed by atoms with E-state index in [1.165, 1.54) is 50.9 Å². The van der Waals surface area contributed by atoms with Gasteiger partial charge in [-0.1, -0.05) is 6.07 Å². The first-order chi connectivity index (χ1) is 10.3. The number of nitrogens with zero attached hydrogens (tertiary/aromatic N) is 1. The van der Waals surface area contributed by atoms with Gasteiger partial charge in [0.25, 0.3) is 0 Å². The molecule has 1 N–H and O–H groups in total. The van der Waals surface area contributed by atoms with Crippen molar-refractivity contribution in [3.8, 4) is 5.75 Å². The van der Waals surface area contributed by atoms with Crippen LogP contribution in [-0.2, 0) is 6.54 Å². The number of rotatable bonds is 4. The molecule has 0 radical (unpaired) electrons. The molecule has 1 unspecified atom stereocenters. The zero-order chi connectivity index (χ0) is 14.7. The molecule has 0 aliphatic carbocycles. The number of likely N-dealkylation sites (tertiary alicyclic amines) is 1. The monoisotopic (exact) mass is 352 g/mol. The van der Waals surface area contributed by atoms with Gasteiger partial charge in [0.05, 0.1) is 11.6 Å². The van der Waals surface area contributed by atoms with Crippen LogP contribution in [0.25, 0.3) is 0 Å². The number of hydrogen-bond acceptors (Lipinski definition) is 3. The lowest BCUT2D eigenvalue weighted by atomic mass is 9.88. The van der Waals surface area contributed by atoms with E-state index < -0.39 is 0 Å². The molecule has 116 valence electrons. The average molecular weight is 353 g/mol. The highest BCUT2D eigenvalue weighted by molar-refractivity contribution is 9.10. The number of hydrogen-bond donors (Lipinski definition) is 1. The maximum atomic E-state index is 5.29. The minimum Gasteiger partial charge on any atom is -0.496 e. The fourth-order valence-electron chi connectivity index (χ4n) is 3.69. The maximum Gasteiger partial charge on any atom is 0.133 e. The van der Waals surface area contributed by atoms with Gasteiger partial charge in [0, 0.05) is 12.6 Å². The van der Waals surface area contributed by atoms with Gasteiger partial charge in [-0.3, -0.25) is 4.90 Å². The molecule has 2 saturated heterocycles. The number of ether oxygens (including phenoxy) is 1. The van der Waals surface area contributed by atoms with Gasteiger partial charge in [0.15, 0.2) is 0 Å². The van der Waals surface area contributed by atoms with Crippen LogP contribution in [0.3, 0.4) is 0 Å². The average Bonchev–Trinajstić information content (AvgIpc) is 3.02. The first-order valence-electron chi connectivity index (χ1n) is 8.04. The van der Waals surface area contributed by atoms with Crippen molar-refractivity contribution in [2.24, 2.45) is 5.92 Å². The van der Waals surface area contributed by atoms with Crippen molar-refractivity contribution in [3.05, 3.63) is 28.2 Å². The van der Waals surface area contributed by atoms with Crippen LogP contribution in [0.5, 0.6) is 5.75 Å². The molecule has 21 heavy (non-hydrogen) atoms. The highest BCUT2D eigenvalue weighted by Gasteiger charge is 2.28. The second kappa shape index (κ2) is 7.12. The number of halogens is 1. The molecule has 0 bridgehead atoms. The molecule has 1 aromatic rings. The first kappa shape index (κ1) is 15.3. The van der Waals surface area contributed by atoms with Gasteiger partial charge >= 0.3 is 0 Å². The van der Waals surface area contributed by atoms with E-state index in [0.717, 1.165) is 28.7 Å². The lowest BCUT2D eigenvalue weighted by molar-refractivity contribution is 0.157. The van der Waals surface area contributed by atoms with Crippen molar-refractivity contribution < 1.29 is 4.74 Å². The Morgan fingerprint density at radius 2 is 2.10 bits per heavy atom. The minimum absolute atomic E-state index is 0.794. The summed E-state index contributed by atoms with van der Waals surface area (Å²) in [5, 5.41) is 3.67. The molecule has 3 nitrogen and oxygen atoms in total. The third-order valence-electron chi connectivity index (χ3n) is 4.92. The molecule has 0 saturated carbocycles. The summed E-state index contributed by atoms with van der Waals surface area (Å²) in [6, 6.07) is 7.20. The summed E-state index contributed by atoms with van der Waals surface area (Å²) in [5.41, 5.74) is 1.36. The lowest BCUT2D eigenvalue weighted by Gasteiger charge is -2.35. The second-order valence-corrected chi connectivity index (χ2v) is 7.14. The standard InChI is InChI=1S/C17H25BrN2O/c1-21-17-5-4-13(11-15(17)18)12-20-9-6-14(7-10-20)16-3-2-8-19-16/h4-5,11,14,16,19H,2-3,6-10,12H2,1H3. The SMILES string of the molecule is COc1ccc(CN2CCC(C3CCCN3)CC2)cc1Br. The summed E-state index contributed by atoms with van der Waals surface area (Å²) in [5.74, 6) is 1.80.